The number of rotatable bonds is 6. The average Bonchev–Trinajstić information content (AvgIpc) is 3.30. The van der Waals surface area contributed by atoms with Gasteiger partial charge >= 0.3 is 0 Å². The Bertz CT molecular complexity index is 936. The molecule has 1 saturated heterocycles. The van der Waals surface area contributed by atoms with Crippen molar-refractivity contribution in [3.8, 4) is 5.75 Å². The predicted molar refractivity (Wildman–Crippen MR) is 113 cm³/mol. The summed E-state index contributed by atoms with van der Waals surface area (Å²) in [7, 11) is 0. The van der Waals surface area contributed by atoms with E-state index in [9.17, 15) is 9.59 Å². The maximum Gasteiger partial charge on any atom is 0.278 e. The van der Waals surface area contributed by atoms with E-state index in [-0.39, 0.29) is 18.4 Å². The second-order valence-electron chi connectivity index (χ2n) is 8.31. The summed E-state index contributed by atoms with van der Waals surface area (Å²) in [5, 5.41) is 0. The van der Waals surface area contributed by atoms with Crippen molar-refractivity contribution in [3.63, 3.8) is 0 Å². The number of hydrogen-bond acceptors (Lipinski definition) is 5. The minimum Gasteiger partial charge on any atom is -0.494 e. The highest BCUT2D eigenvalue weighted by molar-refractivity contribution is 6.35. The highest BCUT2D eigenvalue weighted by Crippen LogP contribution is 2.36. The van der Waals surface area contributed by atoms with Crippen molar-refractivity contribution >= 4 is 17.4 Å². The fraction of sp³-hybridized carbons (Fsp3) is 0.417. The van der Waals surface area contributed by atoms with Gasteiger partial charge in [-0.05, 0) is 55.0 Å². The zero-order valence-electron chi connectivity index (χ0n) is 17.8. The van der Waals surface area contributed by atoms with Crippen LogP contribution in [-0.4, -0.2) is 41.3 Å². The molecule has 158 valence electrons. The van der Waals surface area contributed by atoms with Gasteiger partial charge in [0.2, 0.25) is 0 Å². The minimum absolute atomic E-state index is 0.133. The fourth-order valence-corrected chi connectivity index (χ4v) is 4.55. The van der Waals surface area contributed by atoms with Gasteiger partial charge in [0.05, 0.1) is 25.0 Å². The quantitative estimate of drug-likeness (QED) is 0.678. The second-order valence-corrected chi connectivity index (χ2v) is 8.31. The molecule has 6 nitrogen and oxygen atoms in total. The first kappa shape index (κ1) is 20.3. The van der Waals surface area contributed by atoms with Crippen LogP contribution in [0.5, 0.6) is 5.75 Å². The van der Waals surface area contributed by atoms with E-state index in [1.54, 1.807) is 18.4 Å². The molecule has 2 amide bonds. The third-order valence-electron chi connectivity index (χ3n) is 5.68. The number of furan rings is 1. The van der Waals surface area contributed by atoms with E-state index in [0.717, 1.165) is 30.8 Å². The zero-order valence-corrected chi connectivity index (χ0v) is 17.8. The SMILES string of the molecule is CCOc1ccc(C2=C(N3CC(C)CC(C)C3)C(=O)N(Cc3ccco3)C2=O)cc1. The molecule has 0 aliphatic carbocycles. The summed E-state index contributed by atoms with van der Waals surface area (Å²) in [6.07, 6.45) is 2.68. The number of benzene rings is 1. The summed E-state index contributed by atoms with van der Waals surface area (Å²) in [5.74, 6) is 1.73. The smallest absolute Gasteiger partial charge is 0.278 e. The number of hydrogen-bond donors (Lipinski definition) is 0. The molecule has 1 aromatic carbocycles. The lowest BCUT2D eigenvalue weighted by atomic mass is 9.91. The van der Waals surface area contributed by atoms with Crippen molar-refractivity contribution in [1.82, 2.24) is 9.80 Å². The van der Waals surface area contributed by atoms with Gasteiger partial charge < -0.3 is 14.1 Å². The van der Waals surface area contributed by atoms with Crippen LogP contribution >= 0.6 is 0 Å². The molecular weight excluding hydrogens is 380 g/mol. The highest BCUT2D eigenvalue weighted by Gasteiger charge is 2.43. The van der Waals surface area contributed by atoms with Crippen LogP contribution in [0, 0.1) is 11.8 Å². The van der Waals surface area contributed by atoms with Crippen LogP contribution in [0.3, 0.4) is 0 Å². The first-order valence-corrected chi connectivity index (χ1v) is 10.6. The van der Waals surface area contributed by atoms with E-state index in [0.29, 0.717) is 35.5 Å². The molecule has 2 aliphatic rings. The monoisotopic (exact) mass is 408 g/mol. The van der Waals surface area contributed by atoms with Crippen molar-refractivity contribution < 1.29 is 18.7 Å². The normalized spacial score (nSPS) is 22.2. The van der Waals surface area contributed by atoms with Crippen LogP contribution in [0.4, 0.5) is 0 Å². The molecule has 6 heteroatoms. The Morgan fingerprint density at radius 3 is 2.33 bits per heavy atom. The number of piperidine rings is 1. The van der Waals surface area contributed by atoms with Gasteiger partial charge in [-0.3, -0.25) is 14.5 Å². The lowest BCUT2D eigenvalue weighted by molar-refractivity contribution is -0.138. The van der Waals surface area contributed by atoms with Gasteiger partial charge in [-0.25, -0.2) is 0 Å². The fourth-order valence-electron chi connectivity index (χ4n) is 4.55. The van der Waals surface area contributed by atoms with Crippen molar-refractivity contribution in [2.45, 2.75) is 33.7 Å². The Kier molecular flexibility index (Phi) is 5.66. The molecule has 2 atom stereocenters. The molecule has 30 heavy (non-hydrogen) atoms. The first-order chi connectivity index (χ1) is 14.5. The van der Waals surface area contributed by atoms with Crippen LogP contribution in [0.1, 0.15) is 38.5 Å². The number of carbonyl (C=O) groups excluding carboxylic acids is 2. The molecular formula is C24H28N2O4. The van der Waals surface area contributed by atoms with E-state index in [2.05, 4.69) is 18.7 Å². The predicted octanol–water partition coefficient (Wildman–Crippen LogP) is 3.94. The number of amides is 2. The lowest BCUT2D eigenvalue weighted by Gasteiger charge is -2.37. The average molecular weight is 408 g/mol. The minimum atomic E-state index is -0.276. The van der Waals surface area contributed by atoms with Crippen LogP contribution in [0.25, 0.3) is 5.57 Å². The van der Waals surface area contributed by atoms with E-state index in [1.807, 2.05) is 31.2 Å². The van der Waals surface area contributed by atoms with Crippen LogP contribution in [0.15, 0.2) is 52.8 Å². The molecule has 2 unspecified atom stereocenters. The molecule has 4 rings (SSSR count). The van der Waals surface area contributed by atoms with E-state index in [4.69, 9.17) is 9.15 Å². The summed E-state index contributed by atoms with van der Waals surface area (Å²) in [5.41, 5.74) is 1.71. The topological polar surface area (TPSA) is 63.0 Å². The first-order valence-electron chi connectivity index (χ1n) is 10.6. The Morgan fingerprint density at radius 1 is 1.03 bits per heavy atom. The van der Waals surface area contributed by atoms with Gasteiger partial charge in [0, 0.05) is 13.1 Å². The summed E-state index contributed by atoms with van der Waals surface area (Å²) >= 11 is 0. The molecule has 0 spiro atoms. The summed E-state index contributed by atoms with van der Waals surface area (Å²) in [4.78, 5) is 30.3. The maximum absolute atomic E-state index is 13.4. The lowest BCUT2D eigenvalue weighted by Crippen LogP contribution is -2.41. The molecule has 0 radical (unpaired) electrons. The number of ether oxygens (including phenoxy) is 1. The largest absolute Gasteiger partial charge is 0.494 e. The molecule has 0 N–H and O–H groups in total. The summed E-state index contributed by atoms with van der Waals surface area (Å²) in [6, 6.07) is 10.9. The Morgan fingerprint density at radius 2 is 1.73 bits per heavy atom. The molecule has 3 heterocycles. The molecule has 1 aromatic heterocycles. The Hall–Kier alpha value is -3.02. The van der Waals surface area contributed by atoms with Crippen LogP contribution in [0.2, 0.25) is 0 Å². The van der Waals surface area contributed by atoms with Crippen molar-refractivity contribution in [3.05, 3.63) is 59.7 Å². The molecule has 2 aromatic rings. The highest BCUT2D eigenvalue weighted by atomic mass is 16.5. The van der Waals surface area contributed by atoms with Gasteiger partial charge in [0.15, 0.2) is 0 Å². The molecule has 2 aliphatic heterocycles. The number of imide groups is 1. The maximum atomic E-state index is 13.4. The Labute approximate surface area is 177 Å². The number of carbonyl (C=O) groups is 2. The standard InChI is InChI=1S/C24H28N2O4/c1-4-29-19-9-7-18(8-10-19)21-22(25-13-16(2)12-17(3)14-25)24(28)26(23(21)27)15-20-6-5-11-30-20/h5-11,16-17H,4,12-15H2,1-3H3. The third kappa shape index (κ3) is 3.86. The van der Waals surface area contributed by atoms with Crippen molar-refractivity contribution in [1.29, 1.82) is 0 Å². The van der Waals surface area contributed by atoms with Crippen LogP contribution < -0.4 is 4.74 Å². The van der Waals surface area contributed by atoms with Crippen molar-refractivity contribution in [2.24, 2.45) is 11.8 Å². The van der Waals surface area contributed by atoms with E-state index < -0.39 is 0 Å². The summed E-state index contributed by atoms with van der Waals surface area (Å²) in [6.45, 7) is 8.57. The number of nitrogens with zero attached hydrogens (tertiary/aromatic N) is 2. The molecule has 0 saturated carbocycles. The molecule has 1 fully saturated rings. The van der Waals surface area contributed by atoms with Gasteiger partial charge in [0.1, 0.15) is 17.2 Å². The number of likely N-dealkylation sites (tertiary alicyclic amines) is 1. The third-order valence-corrected chi connectivity index (χ3v) is 5.68. The van der Waals surface area contributed by atoms with E-state index in [1.165, 1.54) is 4.90 Å². The zero-order chi connectivity index (χ0) is 21.3. The van der Waals surface area contributed by atoms with Gasteiger partial charge in [-0.2, -0.15) is 0 Å². The second kappa shape index (κ2) is 8.38. The van der Waals surface area contributed by atoms with Gasteiger partial charge in [-0.15, -0.1) is 0 Å². The Balaban J connectivity index is 1.73. The van der Waals surface area contributed by atoms with Gasteiger partial charge in [-0.1, -0.05) is 26.0 Å². The van der Waals surface area contributed by atoms with Crippen LogP contribution in [-0.2, 0) is 16.1 Å². The van der Waals surface area contributed by atoms with E-state index >= 15 is 0 Å². The molecule has 0 bridgehead atoms. The van der Waals surface area contributed by atoms with Gasteiger partial charge in [0.25, 0.3) is 11.8 Å². The summed E-state index contributed by atoms with van der Waals surface area (Å²) < 4.78 is 10.9. The van der Waals surface area contributed by atoms with Crippen molar-refractivity contribution in [2.75, 3.05) is 19.7 Å².